The van der Waals surface area contributed by atoms with E-state index < -0.39 is 34.6 Å². The van der Waals surface area contributed by atoms with Crippen LogP contribution in [-0.2, 0) is 13.1 Å². The number of amides is 2. The minimum atomic E-state index is -0.954. The van der Waals surface area contributed by atoms with E-state index in [9.17, 15) is 28.3 Å². The Morgan fingerprint density at radius 2 is 1.97 bits per heavy atom. The van der Waals surface area contributed by atoms with Gasteiger partial charge in [0.15, 0.2) is 11.4 Å². The van der Waals surface area contributed by atoms with E-state index in [1.165, 1.54) is 16.8 Å². The molecule has 192 valence electrons. The third-order valence-corrected chi connectivity index (χ3v) is 7.54. The molecule has 5 rings (SSSR count). The van der Waals surface area contributed by atoms with Crippen molar-refractivity contribution in [3.05, 3.63) is 63.1 Å². The highest BCUT2D eigenvalue weighted by Crippen LogP contribution is 2.40. The zero-order valence-electron chi connectivity index (χ0n) is 20.3. The third-order valence-electron chi connectivity index (χ3n) is 7.54. The summed E-state index contributed by atoms with van der Waals surface area (Å²) in [4.78, 5) is 43.6. The molecular formula is C26H30F2N4O4. The van der Waals surface area contributed by atoms with E-state index in [1.807, 2.05) is 4.90 Å². The van der Waals surface area contributed by atoms with E-state index >= 15 is 0 Å². The molecule has 3 aliphatic rings. The molecule has 2 aliphatic heterocycles. The summed E-state index contributed by atoms with van der Waals surface area (Å²) < 4.78 is 28.6. The maximum atomic E-state index is 13.9. The van der Waals surface area contributed by atoms with Gasteiger partial charge < -0.3 is 19.9 Å². The number of halogens is 2. The maximum absolute atomic E-state index is 13.9. The van der Waals surface area contributed by atoms with Gasteiger partial charge in [0.1, 0.15) is 23.4 Å². The standard InChI is InChI=1S/C26H30F2N4O4/c1-14(2)10-30-11-16-4-3-5-20(16)32-21(30)13-31-12-18(23(33)24(34)22(31)26(32)36)25(35)29-9-15-6-7-17(27)8-19(15)28/h6-8,12,14,16,20-21,34H,3-5,9-11,13H2,1-2H3,(H,29,35)/t16-,20-,21-/m0/s1. The van der Waals surface area contributed by atoms with Crippen molar-refractivity contribution in [2.75, 3.05) is 13.1 Å². The van der Waals surface area contributed by atoms with Gasteiger partial charge in [0.2, 0.25) is 5.43 Å². The Balaban J connectivity index is 1.46. The number of pyridine rings is 1. The van der Waals surface area contributed by atoms with Crippen LogP contribution in [0.1, 0.15) is 59.5 Å². The van der Waals surface area contributed by atoms with Gasteiger partial charge in [-0.2, -0.15) is 0 Å². The van der Waals surface area contributed by atoms with Crippen molar-refractivity contribution in [2.45, 2.75) is 58.4 Å². The van der Waals surface area contributed by atoms with Gasteiger partial charge in [0, 0.05) is 43.5 Å². The van der Waals surface area contributed by atoms with Crippen LogP contribution in [0.15, 0.2) is 29.2 Å². The Labute approximate surface area is 207 Å². The van der Waals surface area contributed by atoms with Crippen LogP contribution in [0, 0.1) is 23.5 Å². The number of aromatic hydroxyl groups is 1. The Morgan fingerprint density at radius 3 is 2.69 bits per heavy atom. The summed E-state index contributed by atoms with van der Waals surface area (Å²) in [6.45, 7) is 5.98. The molecule has 10 heteroatoms. The molecule has 2 fully saturated rings. The van der Waals surface area contributed by atoms with Crippen LogP contribution < -0.4 is 10.7 Å². The van der Waals surface area contributed by atoms with Gasteiger partial charge in [-0.1, -0.05) is 26.3 Å². The van der Waals surface area contributed by atoms with Crippen LogP contribution in [0.25, 0.3) is 0 Å². The molecule has 1 saturated heterocycles. The first-order valence-corrected chi connectivity index (χ1v) is 12.4. The van der Waals surface area contributed by atoms with Crippen LogP contribution in [0.3, 0.4) is 0 Å². The third kappa shape index (κ3) is 4.17. The highest BCUT2D eigenvalue weighted by molar-refractivity contribution is 5.99. The lowest BCUT2D eigenvalue weighted by Gasteiger charge is -2.53. The van der Waals surface area contributed by atoms with Crippen molar-refractivity contribution >= 4 is 11.8 Å². The summed E-state index contributed by atoms with van der Waals surface area (Å²) in [5, 5.41) is 13.2. The minimum Gasteiger partial charge on any atom is -0.503 e. The lowest BCUT2D eigenvalue weighted by Crippen LogP contribution is -2.66. The van der Waals surface area contributed by atoms with Crippen molar-refractivity contribution in [1.82, 2.24) is 19.7 Å². The predicted molar refractivity (Wildman–Crippen MR) is 127 cm³/mol. The van der Waals surface area contributed by atoms with Crippen LogP contribution in [0.4, 0.5) is 8.78 Å². The fourth-order valence-electron chi connectivity index (χ4n) is 5.98. The van der Waals surface area contributed by atoms with Crippen molar-refractivity contribution < 1.29 is 23.5 Å². The molecule has 0 spiro atoms. The smallest absolute Gasteiger partial charge is 0.276 e. The van der Waals surface area contributed by atoms with Crippen molar-refractivity contribution in [3.63, 3.8) is 0 Å². The van der Waals surface area contributed by atoms with Crippen LogP contribution in [0.5, 0.6) is 5.75 Å². The highest BCUT2D eigenvalue weighted by atomic mass is 19.1. The molecule has 2 N–H and O–H groups in total. The Kier molecular flexibility index (Phi) is 6.32. The van der Waals surface area contributed by atoms with Crippen molar-refractivity contribution in [3.8, 4) is 5.75 Å². The van der Waals surface area contributed by atoms with E-state index in [1.54, 1.807) is 0 Å². The molecule has 1 aromatic carbocycles. The molecule has 0 bridgehead atoms. The monoisotopic (exact) mass is 500 g/mol. The summed E-state index contributed by atoms with van der Waals surface area (Å²) in [5.41, 5.74) is -1.35. The summed E-state index contributed by atoms with van der Waals surface area (Å²) in [5.74, 6) is -2.78. The first-order chi connectivity index (χ1) is 17.2. The number of nitrogens with zero attached hydrogens (tertiary/aromatic N) is 3. The lowest BCUT2D eigenvalue weighted by atomic mass is 9.93. The van der Waals surface area contributed by atoms with E-state index in [0.29, 0.717) is 24.4 Å². The number of hydrogen-bond acceptors (Lipinski definition) is 5. The zero-order chi connectivity index (χ0) is 25.7. The second-order valence-corrected chi connectivity index (χ2v) is 10.4. The summed E-state index contributed by atoms with van der Waals surface area (Å²) >= 11 is 0. The van der Waals surface area contributed by atoms with Gasteiger partial charge in [-0.05, 0) is 30.7 Å². The molecule has 2 aromatic rings. The number of carbonyl (C=O) groups excluding carboxylic acids is 2. The molecule has 3 atom stereocenters. The fourth-order valence-corrected chi connectivity index (χ4v) is 5.98. The average molecular weight is 501 g/mol. The molecule has 8 nitrogen and oxygen atoms in total. The highest BCUT2D eigenvalue weighted by Gasteiger charge is 2.49. The van der Waals surface area contributed by atoms with Gasteiger partial charge in [0.05, 0.1) is 6.54 Å². The van der Waals surface area contributed by atoms with Gasteiger partial charge in [-0.15, -0.1) is 0 Å². The summed E-state index contributed by atoms with van der Waals surface area (Å²) in [6.07, 6.45) is 4.04. The topological polar surface area (TPSA) is 94.9 Å². The van der Waals surface area contributed by atoms with Gasteiger partial charge in [0.25, 0.3) is 11.8 Å². The maximum Gasteiger partial charge on any atom is 0.276 e. The molecule has 0 radical (unpaired) electrons. The average Bonchev–Trinajstić information content (AvgIpc) is 3.28. The molecule has 36 heavy (non-hydrogen) atoms. The summed E-state index contributed by atoms with van der Waals surface area (Å²) in [6, 6.07) is 3.06. The molecule has 2 amide bonds. The number of aromatic nitrogens is 1. The fraction of sp³-hybridized carbons (Fsp3) is 0.500. The van der Waals surface area contributed by atoms with E-state index in [0.717, 1.165) is 38.4 Å². The lowest BCUT2D eigenvalue weighted by molar-refractivity contribution is -0.0580. The largest absolute Gasteiger partial charge is 0.503 e. The van der Waals surface area contributed by atoms with Crippen LogP contribution >= 0.6 is 0 Å². The van der Waals surface area contributed by atoms with Crippen molar-refractivity contribution in [2.24, 2.45) is 11.8 Å². The second kappa shape index (κ2) is 9.31. The number of hydrogen-bond donors (Lipinski definition) is 2. The SMILES string of the molecule is CC(C)CN1C[C@@H]2CCC[C@@H]2N2C(=O)c3c(O)c(=O)c(C(=O)NCc4ccc(F)cc4F)cn3C[C@@H]12. The Morgan fingerprint density at radius 1 is 1.19 bits per heavy atom. The number of rotatable bonds is 5. The van der Waals surface area contributed by atoms with Gasteiger partial charge >= 0.3 is 0 Å². The molecule has 3 heterocycles. The molecule has 0 unspecified atom stereocenters. The Bertz CT molecular complexity index is 1280. The van der Waals surface area contributed by atoms with Gasteiger partial charge in [-0.25, -0.2) is 8.78 Å². The van der Waals surface area contributed by atoms with Crippen LogP contribution in [-0.4, -0.2) is 56.6 Å². The summed E-state index contributed by atoms with van der Waals surface area (Å²) in [7, 11) is 0. The number of fused-ring (bicyclic) bond motifs is 4. The Hall–Kier alpha value is -3.27. The first kappa shape index (κ1) is 24.4. The number of benzene rings is 1. The van der Waals surface area contributed by atoms with Gasteiger partial charge in [-0.3, -0.25) is 19.3 Å². The molecule has 1 aliphatic carbocycles. The molecule has 1 saturated carbocycles. The number of carbonyl (C=O) groups is 2. The minimum absolute atomic E-state index is 0.0514. The van der Waals surface area contributed by atoms with Crippen molar-refractivity contribution in [1.29, 1.82) is 0 Å². The van der Waals surface area contributed by atoms with E-state index in [4.69, 9.17) is 0 Å². The quantitative estimate of drug-likeness (QED) is 0.659. The van der Waals surface area contributed by atoms with E-state index in [-0.39, 0.29) is 35.6 Å². The van der Waals surface area contributed by atoms with E-state index in [2.05, 4.69) is 24.1 Å². The second-order valence-electron chi connectivity index (χ2n) is 10.4. The molecule has 1 aromatic heterocycles. The number of nitrogens with one attached hydrogen (secondary N) is 1. The predicted octanol–water partition coefficient (Wildman–Crippen LogP) is 2.68. The van der Waals surface area contributed by atoms with Crippen LogP contribution in [0.2, 0.25) is 0 Å². The zero-order valence-corrected chi connectivity index (χ0v) is 20.3. The first-order valence-electron chi connectivity index (χ1n) is 12.4. The molecular weight excluding hydrogens is 470 g/mol. The normalized spacial score (nSPS) is 23.4.